The van der Waals surface area contributed by atoms with E-state index in [1.165, 1.54) is 32.9 Å². The van der Waals surface area contributed by atoms with E-state index in [-0.39, 0.29) is 0 Å². The maximum Gasteiger partial charge on any atom is 0.0547 e. The first-order valence-corrected chi connectivity index (χ1v) is 19.8. The first-order valence-electron chi connectivity index (χ1n) is 19.8. The first-order chi connectivity index (χ1) is 28.4. The molecule has 0 bridgehead atoms. The van der Waals surface area contributed by atoms with E-state index in [4.69, 9.17) is 11.5 Å². The minimum atomic E-state index is 0.563. The Morgan fingerprint density at radius 3 is 2.03 bits per heavy atom. The number of allylic oxidation sites excluding steroid dienone is 6. The van der Waals surface area contributed by atoms with Crippen molar-refractivity contribution in [2.75, 3.05) is 6.54 Å². The van der Waals surface area contributed by atoms with Crippen LogP contribution in [0.25, 0.3) is 73.6 Å². The molecule has 0 saturated heterocycles. The summed E-state index contributed by atoms with van der Waals surface area (Å²) < 4.78 is 4.70. The van der Waals surface area contributed by atoms with Crippen LogP contribution in [0, 0.1) is 0 Å². The summed E-state index contributed by atoms with van der Waals surface area (Å²) in [6.07, 6.45) is 16.8. The zero-order valence-electron chi connectivity index (χ0n) is 33.4. The summed E-state index contributed by atoms with van der Waals surface area (Å²) in [5, 5.41) is 5.71. The van der Waals surface area contributed by atoms with Crippen molar-refractivity contribution in [1.29, 1.82) is 0 Å². The van der Waals surface area contributed by atoms with Gasteiger partial charge in [0.25, 0.3) is 0 Å². The summed E-state index contributed by atoms with van der Waals surface area (Å²) in [5.74, 6) is 0. The molecule has 8 aromatic rings. The van der Waals surface area contributed by atoms with Crippen LogP contribution in [0.1, 0.15) is 25.0 Å². The highest BCUT2D eigenvalue weighted by Crippen LogP contribution is 2.35. The normalized spacial score (nSPS) is 12.6. The molecule has 58 heavy (non-hydrogen) atoms. The van der Waals surface area contributed by atoms with E-state index in [2.05, 4.69) is 162 Å². The monoisotopic (exact) mass is 754 g/mol. The van der Waals surface area contributed by atoms with E-state index < -0.39 is 0 Å². The number of nitrogens with zero attached hydrogens (tertiary/aromatic N) is 2. The average Bonchev–Trinajstić information content (AvgIpc) is 3.76. The van der Waals surface area contributed by atoms with Crippen molar-refractivity contribution in [3.8, 4) is 22.5 Å². The zero-order chi connectivity index (χ0) is 40.4. The lowest BCUT2D eigenvalue weighted by Gasteiger charge is -2.11. The number of fused-ring (bicyclic) bond motifs is 4. The quantitative estimate of drug-likeness (QED) is 0.137. The molecule has 8 rings (SSSR count). The summed E-state index contributed by atoms with van der Waals surface area (Å²) in [6.45, 7) is 12.7. The molecule has 2 aromatic heterocycles. The van der Waals surface area contributed by atoms with Crippen molar-refractivity contribution in [3.05, 3.63) is 222 Å². The van der Waals surface area contributed by atoms with Gasteiger partial charge < -0.3 is 20.6 Å². The van der Waals surface area contributed by atoms with Crippen LogP contribution in [-0.4, -0.2) is 15.7 Å². The minimum absolute atomic E-state index is 0.563. The number of rotatable bonds is 10. The molecule has 0 spiro atoms. The highest BCUT2D eigenvalue weighted by molar-refractivity contribution is 6.10. The number of para-hydroxylation sites is 2. The van der Waals surface area contributed by atoms with Crippen LogP contribution >= 0.6 is 0 Å². The molecular weight excluding hydrogens is 705 g/mol. The van der Waals surface area contributed by atoms with Crippen molar-refractivity contribution in [2.45, 2.75) is 20.3 Å². The van der Waals surface area contributed by atoms with Crippen LogP contribution in [0.5, 0.6) is 0 Å². The molecule has 6 aromatic carbocycles. The van der Waals surface area contributed by atoms with Crippen LogP contribution < -0.4 is 22.0 Å². The van der Waals surface area contributed by atoms with Gasteiger partial charge in [0, 0.05) is 45.0 Å². The molecule has 4 heteroatoms. The van der Waals surface area contributed by atoms with Crippen LogP contribution in [0.4, 0.5) is 0 Å². The molecule has 0 fully saturated rings. The van der Waals surface area contributed by atoms with Gasteiger partial charge in [-0.15, -0.1) is 0 Å². The summed E-state index contributed by atoms with van der Waals surface area (Å²) in [5.41, 5.74) is 24.0. The van der Waals surface area contributed by atoms with Gasteiger partial charge in [-0.2, -0.15) is 0 Å². The van der Waals surface area contributed by atoms with Gasteiger partial charge in [-0.25, -0.2) is 0 Å². The lowest BCUT2D eigenvalue weighted by molar-refractivity contribution is 1.06. The Balaban J connectivity index is 0.000000511. The van der Waals surface area contributed by atoms with Crippen molar-refractivity contribution >= 4 is 51.1 Å². The van der Waals surface area contributed by atoms with Crippen molar-refractivity contribution in [3.63, 3.8) is 0 Å². The molecule has 286 valence electrons. The second-order valence-electron chi connectivity index (χ2n) is 14.1. The van der Waals surface area contributed by atoms with E-state index in [0.29, 0.717) is 6.54 Å². The molecule has 0 radical (unpaired) electrons. The van der Waals surface area contributed by atoms with Crippen molar-refractivity contribution in [1.82, 2.24) is 9.13 Å². The third-order valence-electron chi connectivity index (χ3n) is 10.4. The first kappa shape index (κ1) is 39.1. The Kier molecular flexibility index (Phi) is 12.3. The number of hydrogen-bond acceptors (Lipinski definition) is 2. The fraction of sp³-hybridized carbons (Fsp3) is 0.0741. The topological polar surface area (TPSA) is 61.9 Å². The Hall–Kier alpha value is -7.14. The Labute approximate surface area is 341 Å². The van der Waals surface area contributed by atoms with Gasteiger partial charge in [0.2, 0.25) is 0 Å². The molecule has 4 nitrogen and oxygen atoms in total. The number of hydrogen-bond donors (Lipinski definition) is 2. The summed E-state index contributed by atoms with van der Waals surface area (Å²) in [7, 11) is 0. The van der Waals surface area contributed by atoms with Crippen LogP contribution in [-0.2, 0) is 6.42 Å². The minimum Gasteiger partial charge on any atom is -0.398 e. The second-order valence-corrected chi connectivity index (χ2v) is 14.1. The maximum absolute atomic E-state index is 6.45. The van der Waals surface area contributed by atoms with E-state index in [1.807, 2.05) is 62.4 Å². The third-order valence-corrected chi connectivity index (χ3v) is 10.4. The molecule has 0 aliphatic carbocycles. The average molecular weight is 755 g/mol. The predicted molar refractivity (Wildman–Crippen MR) is 252 cm³/mol. The highest BCUT2D eigenvalue weighted by atomic mass is 15.0. The fourth-order valence-electron chi connectivity index (χ4n) is 7.44. The molecule has 0 aliphatic heterocycles. The Morgan fingerprint density at radius 2 is 1.29 bits per heavy atom. The molecule has 0 aliphatic rings. The lowest BCUT2D eigenvalue weighted by Crippen LogP contribution is -2.27. The molecule has 0 saturated carbocycles. The molecule has 2 heterocycles. The zero-order valence-corrected chi connectivity index (χ0v) is 33.4. The van der Waals surface area contributed by atoms with Gasteiger partial charge in [0.05, 0.1) is 21.9 Å². The molecule has 0 amide bonds. The Morgan fingerprint density at radius 1 is 0.621 bits per heavy atom. The molecular formula is C54H50N4. The maximum atomic E-state index is 6.45. The SMILES string of the molecule is C=C/C(=C\C=C/C)CN.C=c1/c(=C\C=C/C)n(-c2cccc(C/C=C(\N)c3ccccc3)c2)c2cc(-c3ccc4c(c3)c3ccccc3n4-c3ccccc3)ccc12. The van der Waals surface area contributed by atoms with Gasteiger partial charge >= 0.3 is 0 Å². The van der Waals surface area contributed by atoms with Crippen LogP contribution in [0.2, 0.25) is 0 Å². The molecule has 4 N–H and O–H groups in total. The lowest BCUT2D eigenvalue weighted by atomic mass is 10.0. The second kappa shape index (κ2) is 18.2. The van der Waals surface area contributed by atoms with Crippen LogP contribution in [0.15, 0.2) is 200 Å². The number of benzene rings is 6. The highest BCUT2D eigenvalue weighted by Gasteiger charge is 2.15. The summed E-state index contributed by atoms with van der Waals surface area (Å²) in [6, 6.07) is 51.8. The fourth-order valence-corrected chi connectivity index (χ4v) is 7.44. The largest absolute Gasteiger partial charge is 0.398 e. The van der Waals surface area contributed by atoms with Crippen molar-refractivity contribution in [2.24, 2.45) is 11.5 Å². The van der Waals surface area contributed by atoms with Gasteiger partial charge in [-0.3, -0.25) is 0 Å². The molecule has 0 unspecified atom stereocenters. The van der Waals surface area contributed by atoms with Crippen LogP contribution in [0.3, 0.4) is 0 Å². The van der Waals surface area contributed by atoms with Gasteiger partial charge in [-0.1, -0.05) is 153 Å². The predicted octanol–water partition coefficient (Wildman–Crippen LogP) is 11.3. The van der Waals surface area contributed by atoms with E-state index in [0.717, 1.165) is 61.7 Å². The molecule has 0 atom stereocenters. The van der Waals surface area contributed by atoms with Gasteiger partial charge in [-0.05, 0) is 103 Å². The van der Waals surface area contributed by atoms with Gasteiger partial charge in [0.1, 0.15) is 0 Å². The number of nitrogens with two attached hydrogens (primary N) is 2. The standard InChI is InChI=1S/C46H37N3.C8H13N/c1-3-4-21-43-32(2)39-26-24-36(31-46(39)49(43)38-19-13-14-33(29-38)23-27-42(47)34-15-7-5-8-16-34)35-25-28-45-41(30-35)40-20-11-12-22-44(40)48(45)37-17-9-6-10-18-37;1-3-5-6-8(4-2)7-9/h3-22,24-31H,2,23,47H2,1H3;3-6H,2,7,9H2,1H3/b4-3-,42-27-,43-21+;5-3-,8-6+. The number of aromatic nitrogens is 2. The third kappa shape index (κ3) is 8.20. The van der Waals surface area contributed by atoms with E-state index in [9.17, 15) is 0 Å². The summed E-state index contributed by atoms with van der Waals surface area (Å²) >= 11 is 0. The summed E-state index contributed by atoms with van der Waals surface area (Å²) in [4.78, 5) is 0. The van der Waals surface area contributed by atoms with E-state index in [1.54, 1.807) is 6.08 Å². The smallest absolute Gasteiger partial charge is 0.0547 e. The van der Waals surface area contributed by atoms with E-state index >= 15 is 0 Å². The Bertz CT molecular complexity index is 2950. The van der Waals surface area contributed by atoms with Crippen molar-refractivity contribution < 1.29 is 0 Å². The van der Waals surface area contributed by atoms with Gasteiger partial charge in [0.15, 0.2) is 0 Å².